The number of hydrogen-bond donors (Lipinski definition) is 1. The number of nitrogens with two attached hydrogens (primary N) is 1. The second kappa shape index (κ2) is 10.1. The highest BCUT2D eigenvalue weighted by atomic mass is 16.2. The molecule has 0 radical (unpaired) electrons. The Bertz CT molecular complexity index is 133. The predicted molar refractivity (Wildman–Crippen MR) is 52.6 cm³/mol. The highest BCUT2D eigenvalue weighted by molar-refractivity contribution is 5.70. The van der Waals surface area contributed by atoms with Crippen LogP contribution < -0.4 is 5.73 Å². The third-order valence-electron chi connectivity index (χ3n) is 1.05. The highest BCUT2D eigenvalue weighted by Gasteiger charge is 1.82. The van der Waals surface area contributed by atoms with Crippen LogP contribution in [0.4, 0.5) is 0 Å². The Morgan fingerprint density at radius 1 is 1.50 bits per heavy atom. The maximum Gasteiger partial charge on any atom is 0.214 e. The first-order chi connectivity index (χ1) is 5.50. The minimum Gasteiger partial charge on any atom is -0.370 e. The van der Waals surface area contributed by atoms with Crippen molar-refractivity contribution < 1.29 is 9.37 Å². The molecule has 2 N–H and O–H groups in total. The molecule has 0 bridgehead atoms. The summed E-state index contributed by atoms with van der Waals surface area (Å²) in [5, 5.41) is 0. The van der Waals surface area contributed by atoms with Crippen molar-refractivity contribution in [1.29, 1.82) is 0 Å². The summed E-state index contributed by atoms with van der Waals surface area (Å²) in [7, 11) is 4.13. The fraction of sp³-hybridized carbons (Fsp3) is 0.778. The fourth-order valence-electron chi connectivity index (χ4n) is 0.554. The summed E-state index contributed by atoms with van der Waals surface area (Å²) < 4.78 is 2.11. The zero-order valence-electron chi connectivity index (χ0n) is 8.63. The van der Waals surface area contributed by atoms with Crippen molar-refractivity contribution >= 4 is 12.1 Å². The smallest absolute Gasteiger partial charge is 0.214 e. The third kappa shape index (κ3) is 35.3. The number of amides is 1. The van der Waals surface area contributed by atoms with E-state index >= 15 is 0 Å². The summed E-state index contributed by atoms with van der Waals surface area (Å²) in [5.41, 5.74) is 4.47. The maximum absolute atomic E-state index is 9.22. The molecule has 0 aliphatic rings. The molecule has 0 aromatic heterocycles. The van der Waals surface area contributed by atoms with Crippen LogP contribution in [0.1, 0.15) is 33.1 Å². The quantitative estimate of drug-likeness (QED) is 0.226. The molecule has 0 heterocycles. The first kappa shape index (κ1) is 13.7. The molecule has 0 spiro atoms. The van der Waals surface area contributed by atoms with E-state index in [4.69, 9.17) is 0 Å². The molecule has 0 atom stereocenters. The van der Waals surface area contributed by atoms with E-state index in [0.717, 1.165) is 0 Å². The van der Waals surface area contributed by atoms with Crippen molar-refractivity contribution in [1.82, 2.24) is 0 Å². The molecule has 3 nitrogen and oxygen atoms in total. The number of nitrogens with zero attached hydrogens (tertiary/aromatic N) is 1. The van der Waals surface area contributed by atoms with E-state index in [1.807, 2.05) is 0 Å². The molecule has 0 saturated heterocycles. The van der Waals surface area contributed by atoms with Gasteiger partial charge in [-0.3, -0.25) is 4.79 Å². The molecule has 0 saturated carbocycles. The molecule has 12 heavy (non-hydrogen) atoms. The second-order valence-electron chi connectivity index (χ2n) is 2.90. The van der Waals surface area contributed by atoms with E-state index in [2.05, 4.69) is 37.5 Å². The average molecular weight is 177 g/mol. The summed E-state index contributed by atoms with van der Waals surface area (Å²) in [6.07, 6.45) is 6.05. The molecule has 3 heteroatoms. The molecule has 0 aliphatic heterocycles. The number of rotatable bonds is 3. The van der Waals surface area contributed by atoms with Gasteiger partial charge in [-0.1, -0.05) is 13.3 Å². The zero-order chi connectivity index (χ0) is 9.98. The standard InChI is InChI=1S/C7H16N.C2H5NO/c1-4-5-6-7-8(2)3;1-2(3)4/h7H,4-6H2,1-3H3;1H3,(H2,3,4)/q+1;/i1+1,2+1,4+1;3+1. The van der Waals surface area contributed by atoms with Crippen LogP contribution in [0.2, 0.25) is 0 Å². The largest absolute Gasteiger partial charge is 0.370 e. The lowest BCUT2D eigenvalue weighted by molar-refractivity contribution is -0.460. The van der Waals surface area contributed by atoms with Crippen LogP contribution in [0.15, 0.2) is 0 Å². The van der Waals surface area contributed by atoms with E-state index in [9.17, 15) is 4.79 Å². The van der Waals surface area contributed by atoms with Crippen LogP contribution in [0, 0.1) is 0 Å². The van der Waals surface area contributed by atoms with Gasteiger partial charge < -0.3 is 5.73 Å². The monoisotopic (exact) mass is 177 g/mol. The molecule has 0 aromatic carbocycles. The molecule has 0 rings (SSSR count). The van der Waals surface area contributed by atoms with Gasteiger partial charge >= 0.3 is 0 Å². The van der Waals surface area contributed by atoms with E-state index in [-0.39, 0.29) is 5.91 Å². The normalized spacial score (nSPS) is 10.2. The number of carbonyl (C=O) groups is 1. The Morgan fingerprint density at radius 3 is 2.17 bits per heavy atom. The van der Waals surface area contributed by atoms with Crippen LogP contribution >= 0.6 is 0 Å². The molecule has 0 fully saturated rings. The summed E-state index contributed by atoms with van der Waals surface area (Å²) in [5.74, 6) is -0.333. The van der Waals surface area contributed by atoms with Gasteiger partial charge in [0.25, 0.3) is 0 Å². The Hall–Kier alpha value is -0.860. The van der Waals surface area contributed by atoms with Gasteiger partial charge in [0.05, 0.1) is 0 Å². The number of unbranched alkanes of at least 4 members (excludes halogenated alkanes) is 2. The SMILES string of the molecule is CC([15NH2])=O.C[N+]([13CH3])=CCC[13CH2][13CH3]. The van der Waals surface area contributed by atoms with Gasteiger partial charge in [0.15, 0.2) is 0 Å². The van der Waals surface area contributed by atoms with Gasteiger partial charge in [0.2, 0.25) is 5.91 Å². The second-order valence-corrected chi connectivity index (χ2v) is 2.90. The van der Waals surface area contributed by atoms with Crippen molar-refractivity contribution in [3.8, 4) is 0 Å². The molecular formula is C9H21N2O+. The summed E-state index contributed by atoms with van der Waals surface area (Å²) in [6.45, 7) is 3.52. The van der Waals surface area contributed by atoms with E-state index in [1.54, 1.807) is 0 Å². The first-order valence-electron chi connectivity index (χ1n) is 4.26. The lowest BCUT2D eigenvalue weighted by Gasteiger charge is -1.85. The van der Waals surface area contributed by atoms with E-state index < -0.39 is 0 Å². The Labute approximate surface area is 75.3 Å². The molecular weight excluding hydrogens is 156 g/mol. The Morgan fingerprint density at radius 2 is 1.92 bits per heavy atom. The average Bonchev–Trinajstić information content (AvgIpc) is 1.86. The molecule has 0 aromatic rings. The van der Waals surface area contributed by atoms with Gasteiger partial charge in [-0.25, -0.2) is 4.58 Å². The van der Waals surface area contributed by atoms with E-state index in [0.29, 0.717) is 0 Å². The van der Waals surface area contributed by atoms with Crippen molar-refractivity contribution in [2.45, 2.75) is 33.1 Å². The van der Waals surface area contributed by atoms with Crippen LogP contribution in [-0.4, -0.2) is 30.8 Å². The van der Waals surface area contributed by atoms with Crippen LogP contribution in [0.3, 0.4) is 0 Å². The van der Waals surface area contributed by atoms with Crippen molar-refractivity contribution in [3.63, 3.8) is 0 Å². The molecule has 1 amide bonds. The van der Waals surface area contributed by atoms with Gasteiger partial charge in [-0.15, -0.1) is 0 Å². The van der Waals surface area contributed by atoms with Crippen LogP contribution in [0.5, 0.6) is 0 Å². The van der Waals surface area contributed by atoms with Gasteiger partial charge in [-0.05, 0) is 6.42 Å². The van der Waals surface area contributed by atoms with Crippen molar-refractivity contribution in [2.24, 2.45) is 5.73 Å². The topological polar surface area (TPSA) is 46.1 Å². The zero-order valence-corrected chi connectivity index (χ0v) is 8.63. The lowest BCUT2D eigenvalue weighted by atomic mass is 10.4. The summed E-state index contributed by atoms with van der Waals surface area (Å²) in [6, 6.07) is 0. The lowest BCUT2D eigenvalue weighted by Crippen LogP contribution is -2.01. The number of primary amides is 1. The molecule has 0 unspecified atom stereocenters. The number of carbonyl (C=O) groups excluding carboxylic acids is 1. The maximum atomic E-state index is 9.22. The van der Waals surface area contributed by atoms with Gasteiger partial charge in [-0.2, -0.15) is 0 Å². The number of hydrogen-bond acceptors (Lipinski definition) is 1. The summed E-state index contributed by atoms with van der Waals surface area (Å²) in [4.78, 5) is 9.22. The van der Waals surface area contributed by atoms with Crippen molar-refractivity contribution in [3.05, 3.63) is 0 Å². The fourth-order valence-corrected chi connectivity index (χ4v) is 0.554. The minimum absolute atomic E-state index is 0.333. The first-order valence-corrected chi connectivity index (χ1v) is 4.26. The van der Waals surface area contributed by atoms with Gasteiger partial charge in [0, 0.05) is 13.3 Å². The van der Waals surface area contributed by atoms with Crippen LogP contribution in [0.25, 0.3) is 0 Å². The Balaban J connectivity index is 0. The van der Waals surface area contributed by atoms with Crippen molar-refractivity contribution in [2.75, 3.05) is 14.1 Å². The predicted octanol–water partition coefficient (Wildman–Crippen LogP) is 1.01. The molecule has 0 aliphatic carbocycles. The molecule has 72 valence electrons. The van der Waals surface area contributed by atoms with Gasteiger partial charge in [0.1, 0.15) is 20.3 Å². The van der Waals surface area contributed by atoms with E-state index in [1.165, 1.54) is 26.2 Å². The third-order valence-corrected chi connectivity index (χ3v) is 1.05. The Kier molecular flexibility index (Phi) is 11.6. The van der Waals surface area contributed by atoms with Crippen LogP contribution in [-0.2, 0) is 4.79 Å². The minimum atomic E-state index is -0.333. The highest BCUT2D eigenvalue weighted by Crippen LogP contribution is 1.88. The summed E-state index contributed by atoms with van der Waals surface area (Å²) >= 11 is 0.